The molecule has 0 fully saturated rings. The Hall–Kier alpha value is -2.93. The summed E-state index contributed by atoms with van der Waals surface area (Å²) in [5.41, 5.74) is 3.81. The maximum absolute atomic E-state index is 12.4. The van der Waals surface area contributed by atoms with E-state index in [1.54, 1.807) is 29.0 Å². The molecule has 0 radical (unpaired) electrons. The molecule has 0 aliphatic carbocycles. The summed E-state index contributed by atoms with van der Waals surface area (Å²) in [4.78, 5) is 31.7. The Morgan fingerprint density at radius 2 is 2.19 bits per heavy atom. The first-order chi connectivity index (χ1) is 13.1. The van der Waals surface area contributed by atoms with E-state index < -0.39 is 0 Å². The van der Waals surface area contributed by atoms with Gasteiger partial charge in [0.05, 0.1) is 24.2 Å². The van der Waals surface area contributed by atoms with Gasteiger partial charge in [0.15, 0.2) is 0 Å². The zero-order chi connectivity index (χ0) is 19.2. The monoisotopic (exact) mass is 368 g/mol. The average molecular weight is 368 g/mol. The van der Waals surface area contributed by atoms with Crippen molar-refractivity contribution in [3.8, 4) is 0 Å². The first kappa shape index (κ1) is 18.8. The van der Waals surface area contributed by atoms with Crippen molar-refractivity contribution < 1.29 is 9.53 Å². The summed E-state index contributed by atoms with van der Waals surface area (Å²) in [6, 6.07) is 9.12. The molecule has 1 aromatic carbocycles. The molecule has 0 atom stereocenters. The van der Waals surface area contributed by atoms with E-state index in [-0.39, 0.29) is 11.6 Å². The van der Waals surface area contributed by atoms with Crippen molar-refractivity contribution in [3.63, 3.8) is 0 Å². The van der Waals surface area contributed by atoms with Crippen LogP contribution in [0.1, 0.15) is 28.5 Å². The van der Waals surface area contributed by atoms with Crippen LogP contribution >= 0.6 is 0 Å². The molecule has 0 unspecified atom stereocenters. The molecule has 27 heavy (non-hydrogen) atoms. The number of rotatable bonds is 8. The molecule has 7 nitrogen and oxygen atoms in total. The zero-order valence-electron chi connectivity index (χ0n) is 15.6. The van der Waals surface area contributed by atoms with Gasteiger partial charge >= 0.3 is 5.69 Å². The lowest BCUT2D eigenvalue weighted by atomic mass is 10.1. The van der Waals surface area contributed by atoms with Crippen molar-refractivity contribution in [1.29, 1.82) is 0 Å². The highest BCUT2D eigenvalue weighted by Crippen LogP contribution is 2.13. The van der Waals surface area contributed by atoms with Gasteiger partial charge in [-0.05, 0) is 43.7 Å². The van der Waals surface area contributed by atoms with Gasteiger partial charge in [0.2, 0.25) is 0 Å². The van der Waals surface area contributed by atoms with Crippen LogP contribution in [0.25, 0.3) is 11.0 Å². The summed E-state index contributed by atoms with van der Waals surface area (Å²) in [5.74, 6) is -0.173. The highest BCUT2D eigenvalue weighted by molar-refractivity contribution is 5.97. The fourth-order valence-corrected chi connectivity index (χ4v) is 3.00. The van der Waals surface area contributed by atoms with Gasteiger partial charge in [0.1, 0.15) is 0 Å². The van der Waals surface area contributed by atoms with Crippen LogP contribution in [0.15, 0.2) is 41.3 Å². The summed E-state index contributed by atoms with van der Waals surface area (Å²) >= 11 is 0. The van der Waals surface area contributed by atoms with E-state index in [1.807, 2.05) is 26.0 Å². The number of carbonyl (C=O) groups is 1. The molecule has 2 heterocycles. The Balaban J connectivity index is 1.67. The Morgan fingerprint density at radius 1 is 1.33 bits per heavy atom. The topological polar surface area (TPSA) is 89.0 Å². The minimum Gasteiger partial charge on any atom is -0.380 e. The molecular formula is C20H24N4O3. The van der Waals surface area contributed by atoms with Gasteiger partial charge in [0.25, 0.3) is 5.91 Å². The summed E-state index contributed by atoms with van der Waals surface area (Å²) in [7, 11) is 0. The number of H-pyrrole nitrogens is 1. The minimum absolute atomic E-state index is 0.173. The molecule has 0 spiro atoms. The number of aryl methyl sites for hydroxylation is 1. The lowest BCUT2D eigenvalue weighted by molar-refractivity contribution is 0.0954. The third kappa shape index (κ3) is 4.43. The number of hydrogen-bond donors (Lipinski definition) is 2. The highest BCUT2D eigenvalue weighted by Gasteiger charge is 2.11. The normalized spacial score (nSPS) is 11.0. The Morgan fingerprint density at radius 3 is 2.96 bits per heavy atom. The quantitative estimate of drug-likeness (QED) is 0.596. The van der Waals surface area contributed by atoms with Crippen LogP contribution in [-0.2, 0) is 17.7 Å². The summed E-state index contributed by atoms with van der Waals surface area (Å²) in [6.07, 6.45) is 2.43. The van der Waals surface area contributed by atoms with Crippen molar-refractivity contribution in [2.75, 3.05) is 19.8 Å². The number of nitrogens with one attached hydrogen (secondary N) is 2. The van der Waals surface area contributed by atoms with Crippen molar-refractivity contribution in [2.45, 2.75) is 26.8 Å². The van der Waals surface area contributed by atoms with Gasteiger partial charge in [-0.15, -0.1) is 0 Å². The average Bonchev–Trinajstić information content (AvgIpc) is 2.98. The first-order valence-electron chi connectivity index (χ1n) is 9.09. The first-order valence-corrected chi connectivity index (χ1v) is 9.09. The number of hydrogen-bond acceptors (Lipinski definition) is 4. The van der Waals surface area contributed by atoms with E-state index in [0.29, 0.717) is 43.8 Å². The number of fused-ring (bicyclic) bond motifs is 1. The Kier molecular flexibility index (Phi) is 6.03. The second-order valence-electron chi connectivity index (χ2n) is 6.28. The Labute approximate surface area is 157 Å². The molecule has 2 aromatic heterocycles. The second kappa shape index (κ2) is 8.64. The minimum atomic E-state index is -0.201. The molecule has 0 bridgehead atoms. The standard InChI is InChI=1S/C20H24N4O3/c1-3-27-12-11-24-18-7-6-15(13-17(18)23-20(24)26)19(25)22-10-8-16-14(2)5-4-9-21-16/h4-7,9,13H,3,8,10-12H2,1-2H3,(H,22,25)(H,23,26). The number of nitrogens with zero attached hydrogens (tertiary/aromatic N) is 2. The molecule has 3 rings (SSSR count). The Bertz CT molecular complexity index is 990. The summed E-state index contributed by atoms with van der Waals surface area (Å²) in [5, 5.41) is 2.90. The van der Waals surface area contributed by atoms with Gasteiger partial charge in [-0.2, -0.15) is 0 Å². The second-order valence-corrected chi connectivity index (χ2v) is 6.28. The fourth-order valence-electron chi connectivity index (χ4n) is 3.00. The molecule has 142 valence electrons. The van der Waals surface area contributed by atoms with Gasteiger partial charge in [-0.3, -0.25) is 14.3 Å². The summed E-state index contributed by atoms with van der Waals surface area (Å²) in [6.45, 7) is 5.98. The summed E-state index contributed by atoms with van der Waals surface area (Å²) < 4.78 is 6.94. The van der Waals surface area contributed by atoms with Gasteiger partial charge in [-0.1, -0.05) is 6.07 Å². The molecule has 2 N–H and O–H groups in total. The van der Waals surface area contributed by atoms with Crippen LogP contribution in [0.4, 0.5) is 0 Å². The molecule has 0 saturated heterocycles. The number of imidazole rings is 1. The van der Waals surface area contributed by atoms with Gasteiger partial charge in [0, 0.05) is 37.0 Å². The molecule has 3 aromatic rings. The van der Waals surface area contributed by atoms with E-state index in [0.717, 1.165) is 16.8 Å². The maximum Gasteiger partial charge on any atom is 0.326 e. The third-order valence-electron chi connectivity index (χ3n) is 4.46. The van der Waals surface area contributed by atoms with Crippen LogP contribution < -0.4 is 11.0 Å². The van der Waals surface area contributed by atoms with Crippen LogP contribution in [0, 0.1) is 6.92 Å². The zero-order valence-corrected chi connectivity index (χ0v) is 15.6. The van der Waals surface area contributed by atoms with E-state index in [2.05, 4.69) is 15.3 Å². The molecule has 0 aliphatic heterocycles. The number of aromatic nitrogens is 3. The number of benzene rings is 1. The number of carbonyl (C=O) groups excluding carboxylic acids is 1. The predicted molar refractivity (Wildman–Crippen MR) is 104 cm³/mol. The molecule has 7 heteroatoms. The number of amides is 1. The molecule has 1 amide bonds. The fraction of sp³-hybridized carbons (Fsp3) is 0.350. The SMILES string of the molecule is CCOCCn1c(=O)[nH]c2cc(C(=O)NCCc3ncccc3C)ccc21. The predicted octanol–water partition coefficient (Wildman–Crippen LogP) is 2.04. The number of pyridine rings is 1. The van der Waals surface area contributed by atoms with E-state index >= 15 is 0 Å². The van der Waals surface area contributed by atoms with Gasteiger partial charge < -0.3 is 15.0 Å². The van der Waals surface area contributed by atoms with Crippen LogP contribution in [0.3, 0.4) is 0 Å². The van der Waals surface area contributed by atoms with Gasteiger partial charge in [-0.25, -0.2) is 4.79 Å². The molecule has 0 aliphatic rings. The highest BCUT2D eigenvalue weighted by atomic mass is 16.5. The van der Waals surface area contributed by atoms with Crippen LogP contribution in [0.5, 0.6) is 0 Å². The molecule has 0 saturated carbocycles. The van der Waals surface area contributed by atoms with Crippen molar-refractivity contribution >= 4 is 16.9 Å². The van der Waals surface area contributed by atoms with Crippen molar-refractivity contribution in [3.05, 3.63) is 63.8 Å². The molecular weight excluding hydrogens is 344 g/mol. The third-order valence-corrected chi connectivity index (χ3v) is 4.46. The van der Waals surface area contributed by atoms with Crippen LogP contribution in [0.2, 0.25) is 0 Å². The van der Waals surface area contributed by atoms with E-state index in [1.165, 1.54) is 0 Å². The van der Waals surface area contributed by atoms with Crippen molar-refractivity contribution in [2.24, 2.45) is 0 Å². The largest absolute Gasteiger partial charge is 0.380 e. The van der Waals surface area contributed by atoms with Crippen molar-refractivity contribution in [1.82, 2.24) is 19.9 Å². The lowest BCUT2D eigenvalue weighted by Crippen LogP contribution is -2.26. The number of aromatic amines is 1. The smallest absolute Gasteiger partial charge is 0.326 e. The maximum atomic E-state index is 12.4. The van der Waals surface area contributed by atoms with E-state index in [9.17, 15) is 9.59 Å². The van der Waals surface area contributed by atoms with Crippen LogP contribution in [-0.4, -0.2) is 40.2 Å². The number of ether oxygens (including phenoxy) is 1. The van der Waals surface area contributed by atoms with E-state index in [4.69, 9.17) is 4.74 Å². The lowest BCUT2D eigenvalue weighted by Gasteiger charge is -2.07.